The van der Waals surface area contributed by atoms with Crippen LogP contribution >= 0.6 is 11.6 Å². The summed E-state index contributed by atoms with van der Waals surface area (Å²) in [6, 6.07) is 15.0. The molecule has 0 atom stereocenters. The summed E-state index contributed by atoms with van der Waals surface area (Å²) in [4.78, 5) is 25.8. The lowest BCUT2D eigenvalue weighted by Gasteiger charge is -2.23. The number of hydrogen-bond acceptors (Lipinski definition) is 2. The van der Waals surface area contributed by atoms with Crippen molar-refractivity contribution in [3.05, 3.63) is 59.1 Å². The first-order valence-electron chi connectivity index (χ1n) is 8.61. The standard InChI is InChI=1S/C21H25ClN2O2/c1-15(25)24(17-11-9-16(10-12-17)21(2,3)4)14-13-20(26)23-19-8-6-5-7-18(19)22/h5-12H,13-14H2,1-4H3,(H,23,26). The maximum atomic E-state index is 12.2. The number of carbonyl (C=O) groups excluding carboxylic acids is 2. The molecule has 2 rings (SSSR count). The van der Waals surface area contributed by atoms with Gasteiger partial charge in [-0.25, -0.2) is 0 Å². The lowest BCUT2D eigenvalue weighted by atomic mass is 9.87. The molecule has 0 saturated carbocycles. The van der Waals surface area contributed by atoms with Gasteiger partial charge in [0.2, 0.25) is 11.8 Å². The second-order valence-electron chi connectivity index (χ2n) is 7.25. The lowest BCUT2D eigenvalue weighted by Crippen LogP contribution is -2.32. The normalized spacial score (nSPS) is 11.1. The van der Waals surface area contributed by atoms with Gasteiger partial charge in [-0.2, -0.15) is 0 Å². The molecule has 1 N–H and O–H groups in total. The van der Waals surface area contributed by atoms with Gasteiger partial charge in [0.15, 0.2) is 0 Å². The van der Waals surface area contributed by atoms with E-state index in [1.807, 2.05) is 24.3 Å². The van der Waals surface area contributed by atoms with Crippen LogP contribution < -0.4 is 10.2 Å². The van der Waals surface area contributed by atoms with E-state index in [0.717, 1.165) is 5.69 Å². The van der Waals surface area contributed by atoms with E-state index in [9.17, 15) is 9.59 Å². The Morgan fingerprint density at radius 1 is 1.04 bits per heavy atom. The van der Waals surface area contributed by atoms with Gasteiger partial charge in [0.05, 0.1) is 10.7 Å². The summed E-state index contributed by atoms with van der Waals surface area (Å²) in [5, 5.41) is 3.26. The minimum atomic E-state index is -0.185. The van der Waals surface area contributed by atoms with Crippen LogP contribution in [0.25, 0.3) is 0 Å². The monoisotopic (exact) mass is 372 g/mol. The molecule has 0 unspecified atom stereocenters. The van der Waals surface area contributed by atoms with Gasteiger partial charge in [-0.3, -0.25) is 9.59 Å². The third kappa shape index (κ3) is 5.33. The number of para-hydroxylation sites is 1. The van der Waals surface area contributed by atoms with E-state index in [0.29, 0.717) is 17.3 Å². The summed E-state index contributed by atoms with van der Waals surface area (Å²) < 4.78 is 0. The number of rotatable bonds is 5. The fourth-order valence-electron chi connectivity index (χ4n) is 2.60. The summed E-state index contributed by atoms with van der Waals surface area (Å²) in [7, 11) is 0. The number of nitrogens with one attached hydrogen (secondary N) is 1. The zero-order chi connectivity index (χ0) is 19.3. The Hall–Kier alpha value is -2.33. The molecule has 0 aliphatic rings. The molecule has 0 heterocycles. The van der Waals surface area contributed by atoms with Crippen molar-refractivity contribution in [3.63, 3.8) is 0 Å². The minimum absolute atomic E-state index is 0.0500. The molecule has 138 valence electrons. The van der Waals surface area contributed by atoms with Gasteiger partial charge in [-0.1, -0.05) is 56.6 Å². The molecule has 0 aliphatic carbocycles. The molecule has 5 heteroatoms. The number of nitrogens with zero attached hydrogens (tertiary/aromatic N) is 1. The highest BCUT2D eigenvalue weighted by Crippen LogP contribution is 2.25. The Labute approximate surface area is 160 Å². The number of halogens is 1. The largest absolute Gasteiger partial charge is 0.325 e. The maximum Gasteiger partial charge on any atom is 0.226 e. The number of hydrogen-bond donors (Lipinski definition) is 1. The second-order valence-corrected chi connectivity index (χ2v) is 7.65. The van der Waals surface area contributed by atoms with Gasteiger partial charge < -0.3 is 10.2 Å². The first-order valence-corrected chi connectivity index (χ1v) is 8.99. The summed E-state index contributed by atoms with van der Waals surface area (Å²) in [5.41, 5.74) is 2.61. The Morgan fingerprint density at radius 3 is 2.19 bits per heavy atom. The molecule has 2 aromatic rings. The van der Waals surface area contributed by atoms with Crippen molar-refractivity contribution in [3.8, 4) is 0 Å². The molecule has 0 bridgehead atoms. The highest BCUT2D eigenvalue weighted by Gasteiger charge is 2.17. The van der Waals surface area contributed by atoms with Gasteiger partial charge in [-0.05, 0) is 35.2 Å². The zero-order valence-electron chi connectivity index (χ0n) is 15.7. The molecule has 2 amide bonds. The number of benzene rings is 2. The van der Waals surface area contributed by atoms with Crippen molar-refractivity contribution in [2.24, 2.45) is 0 Å². The van der Waals surface area contributed by atoms with Crippen LogP contribution in [0.1, 0.15) is 39.7 Å². The van der Waals surface area contributed by atoms with Crippen LogP contribution in [-0.2, 0) is 15.0 Å². The second kappa shape index (κ2) is 8.37. The van der Waals surface area contributed by atoms with Crippen molar-refractivity contribution in [2.45, 2.75) is 39.5 Å². The summed E-state index contributed by atoms with van der Waals surface area (Å²) in [5.74, 6) is -0.283. The molecule has 0 saturated heterocycles. The van der Waals surface area contributed by atoms with Crippen molar-refractivity contribution < 1.29 is 9.59 Å². The van der Waals surface area contributed by atoms with Crippen molar-refractivity contribution >= 4 is 34.8 Å². The van der Waals surface area contributed by atoms with Crippen LogP contribution in [0.15, 0.2) is 48.5 Å². The fraction of sp³-hybridized carbons (Fsp3) is 0.333. The average molecular weight is 373 g/mol. The van der Waals surface area contributed by atoms with Crippen molar-refractivity contribution in [1.82, 2.24) is 0 Å². The Balaban J connectivity index is 2.03. The van der Waals surface area contributed by atoms with Crippen LogP contribution in [0.2, 0.25) is 5.02 Å². The molecule has 0 radical (unpaired) electrons. The number of carbonyl (C=O) groups is 2. The average Bonchev–Trinajstić information content (AvgIpc) is 2.56. The van der Waals surface area contributed by atoms with Gasteiger partial charge in [0.1, 0.15) is 0 Å². The van der Waals surface area contributed by atoms with Crippen molar-refractivity contribution in [1.29, 1.82) is 0 Å². The lowest BCUT2D eigenvalue weighted by molar-refractivity contribution is -0.117. The number of anilines is 2. The van der Waals surface area contributed by atoms with Crippen molar-refractivity contribution in [2.75, 3.05) is 16.8 Å². The topological polar surface area (TPSA) is 49.4 Å². The third-order valence-electron chi connectivity index (χ3n) is 4.14. The molecule has 0 spiro atoms. The first-order chi connectivity index (χ1) is 12.2. The molecule has 26 heavy (non-hydrogen) atoms. The van der Waals surface area contributed by atoms with E-state index in [-0.39, 0.29) is 23.7 Å². The zero-order valence-corrected chi connectivity index (χ0v) is 16.4. The molecular weight excluding hydrogens is 348 g/mol. The highest BCUT2D eigenvalue weighted by molar-refractivity contribution is 6.33. The minimum Gasteiger partial charge on any atom is -0.325 e. The highest BCUT2D eigenvalue weighted by atomic mass is 35.5. The van der Waals surface area contributed by atoms with E-state index < -0.39 is 0 Å². The molecular formula is C21H25ClN2O2. The van der Waals surface area contributed by atoms with Crippen LogP contribution in [-0.4, -0.2) is 18.4 Å². The predicted molar refractivity (Wildman–Crippen MR) is 108 cm³/mol. The van der Waals surface area contributed by atoms with E-state index in [4.69, 9.17) is 11.6 Å². The predicted octanol–water partition coefficient (Wildman–Crippen LogP) is 5.02. The van der Waals surface area contributed by atoms with E-state index in [1.165, 1.54) is 12.5 Å². The quantitative estimate of drug-likeness (QED) is 0.801. The smallest absolute Gasteiger partial charge is 0.226 e. The molecule has 4 nitrogen and oxygen atoms in total. The summed E-state index contributed by atoms with van der Waals surface area (Å²) in [6.45, 7) is 8.24. The Morgan fingerprint density at radius 2 is 1.65 bits per heavy atom. The summed E-state index contributed by atoms with van der Waals surface area (Å²) in [6.07, 6.45) is 0.186. The van der Waals surface area contributed by atoms with E-state index in [2.05, 4.69) is 26.1 Å². The van der Waals surface area contributed by atoms with Crippen LogP contribution in [0.3, 0.4) is 0 Å². The molecule has 2 aromatic carbocycles. The molecule has 0 aromatic heterocycles. The van der Waals surface area contributed by atoms with Gasteiger partial charge >= 0.3 is 0 Å². The number of amides is 2. The molecule has 0 aliphatic heterocycles. The Bertz CT molecular complexity index is 779. The van der Waals surface area contributed by atoms with Crippen LogP contribution in [0, 0.1) is 0 Å². The van der Waals surface area contributed by atoms with Gasteiger partial charge in [0, 0.05) is 25.6 Å². The summed E-state index contributed by atoms with van der Waals surface area (Å²) >= 11 is 6.05. The Kier molecular flexibility index (Phi) is 6.43. The first kappa shape index (κ1) is 20.0. The van der Waals surface area contributed by atoms with Gasteiger partial charge in [-0.15, -0.1) is 0 Å². The van der Waals surface area contributed by atoms with Gasteiger partial charge in [0.25, 0.3) is 0 Å². The molecule has 0 fully saturated rings. The van der Waals surface area contributed by atoms with E-state index in [1.54, 1.807) is 29.2 Å². The third-order valence-corrected chi connectivity index (χ3v) is 4.47. The van der Waals surface area contributed by atoms with Crippen LogP contribution in [0.5, 0.6) is 0 Å². The SMILES string of the molecule is CC(=O)N(CCC(=O)Nc1ccccc1Cl)c1ccc(C(C)(C)C)cc1. The maximum absolute atomic E-state index is 12.2. The van der Waals surface area contributed by atoms with Crippen LogP contribution in [0.4, 0.5) is 11.4 Å². The fourth-order valence-corrected chi connectivity index (χ4v) is 2.78. The van der Waals surface area contributed by atoms with E-state index >= 15 is 0 Å².